The van der Waals surface area contributed by atoms with Crippen LogP contribution < -0.4 is 10.1 Å². The van der Waals surface area contributed by atoms with Gasteiger partial charge < -0.3 is 15.2 Å². The Morgan fingerprint density at radius 1 is 1.13 bits per heavy atom. The van der Waals surface area contributed by atoms with E-state index < -0.39 is 5.82 Å². The van der Waals surface area contributed by atoms with Crippen LogP contribution in [0.3, 0.4) is 0 Å². The minimum Gasteiger partial charge on any atom is -0.507 e. The predicted molar refractivity (Wildman–Crippen MR) is 110 cm³/mol. The molecule has 1 aromatic carbocycles. The molecule has 2 bridgehead atoms. The van der Waals surface area contributed by atoms with E-state index in [-0.39, 0.29) is 23.0 Å². The number of ether oxygens (including phenoxy) is 1. The summed E-state index contributed by atoms with van der Waals surface area (Å²) in [5.74, 6) is -0.0701. The van der Waals surface area contributed by atoms with Crippen molar-refractivity contribution in [2.45, 2.75) is 50.3 Å². The molecule has 5 rings (SSSR count). The lowest BCUT2D eigenvalue weighted by Crippen LogP contribution is -2.51. The summed E-state index contributed by atoms with van der Waals surface area (Å²) in [4.78, 5) is 0. The van der Waals surface area contributed by atoms with E-state index in [0.717, 1.165) is 12.8 Å². The van der Waals surface area contributed by atoms with Gasteiger partial charge in [0.15, 0.2) is 0 Å². The van der Waals surface area contributed by atoms with Crippen molar-refractivity contribution in [1.82, 2.24) is 25.3 Å². The Labute approximate surface area is 173 Å². The molecule has 2 unspecified atom stereocenters. The number of piperidine rings is 2. The molecule has 0 amide bonds. The summed E-state index contributed by atoms with van der Waals surface area (Å²) in [5.41, 5.74) is 1.56. The lowest BCUT2D eigenvalue weighted by molar-refractivity contribution is 0.0881. The molecule has 2 aliphatic heterocycles. The van der Waals surface area contributed by atoms with Gasteiger partial charge in [0.2, 0.25) is 5.88 Å². The lowest BCUT2D eigenvalue weighted by Gasteiger charge is -2.39. The second-order valence-corrected chi connectivity index (χ2v) is 8.21. The van der Waals surface area contributed by atoms with Gasteiger partial charge in [0, 0.05) is 48.1 Å². The predicted octanol–water partition coefficient (Wildman–Crippen LogP) is 3.44. The van der Waals surface area contributed by atoms with E-state index in [1.807, 2.05) is 0 Å². The summed E-state index contributed by atoms with van der Waals surface area (Å²) in [6.45, 7) is 0. The molecular weight excluding hydrogens is 385 g/mol. The molecular formula is C22H24FN5O2. The number of fused-ring (bicyclic) bond motifs is 2. The van der Waals surface area contributed by atoms with Crippen LogP contribution in [0, 0.1) is 5.82 Å². The summed E-state index contributed by atoms with van der Waals surface area (Å²) >= 11 is 0. The second-order valence-electron chi connectivity index (χ2n) is 8.21. The largest absolute Gasteiger partial charge is 0.507 e. The van der Waals surface area contributed by atoms with Gasteiger partial charge in [-0.25, -0.2) is 4.39 Å². The molecule has 3 aromatic rings. The zero-order chi connectivity index (χ0) is 20.7. The average Bonchev–Trinajstić information content (AvgIpc) is 3.16. The highest BCUT2D eigenvalue weighted by Crippen LogP contribution is 2.35. The van der Waals surface area contributed by atoms with Crippen LogP contribution in [0.15, 0.2) is 36.7 Å². The first-order valence-electron chi connectivity index (χ1n) is 10.3. The van der Waals surface area contributed by atoms with E-state index >= 15 is 0 Å². The Kier molecular flexibility index (Phi) is 4.86. The fourth-order valence-electron chi connectivity index (χ4n) is 4.56. The number of hydrogen-bond acceptors (Lipinski definition) is 6. The Morgan fingerprint density at radius 3 is 2.60 bits per heavy atom. The standard InChI is InChI=1S/C22H24FN5O2/c1-28-12-13(11-24-28)17-10-21(29)18(9-19(17)23)20-5-6-22(27-26-20)30-16-7-14-3-2-4-15(8-16)25-14/h5-6,9-12,14-16,25,29H,2-4,7-8H2,1H3. The molecule has 0 aliphatic carbocycles. The van der Waals surface area contributed by atoms with Gasteiger partial charge in [0.25, 0.3) is 0 Å². The Hall–Kier alpha value is -3.00. The Balaban J connectivity index is 1.33. The number of rotatable bonds is 4. The number of nitrogens with one attached hydrogen (secondary N) is 1. The van der Waals surface area contributed by atoms with Gasteiger partial charge in [0.1, 0.15) is 17.7 Å². The van der Waals surface area contributed by atoms with Crippen LogP contribution >= 0.6 is 0 Å². The van der Waals surface area contributed by atoms with Gasteiger partial charge in [-0.3, -0.25) is 4.68 Å². The number of nitrogens with zero attached hydrogens (tertiary/aromatic N) is 4. The van der Waals surface area contributed by atoms with Crippen molar-refractivity contribution < 1.29 is 14.2 Å². The summed E-state index contributed by atoms with van der Waals surface area (Å²) in [6.07, 6.45) is 9.00. The average molecular weight is 409 g/mol. The molecule has 2 fully saturated rings. The van der Waals surface area contributed by atoms with Crippen LogP contribution in [-0.4, -0.2) is 43.3 Å². The summed E-state index contributed by atoms with van der Waals surface area (Å²) < 4.78 is 22.3. The van der Waals surface area contributed by atoms with E-state index in [4.69, 9.17) is 4.74 Å². The number of aromatic hydroxyl groups is 1. The zero-order valence-corrected chi connectivity index (χ0v) is 16.8. The molecule has 0 radical (unpaired) electrons. The molecule has 7 nitrogen and oxygen atoms in total. The van der Waals surface area contributed by atoms with E-state index in [2.05, 4.69) is 20.6 Å². The minimum atomic E-state index is -0.459. The molecule has 2 saturated heterocycles. The third-order valence-electron chi connectivity index (χ3n) is 5.98. The van der Waals surface area contributed by atoms with Crippen LogP contribution in [0.5, 0.6) is 11.6 Å². The van der Waals surface area contributed by atoms with Crippen molar-refractivity contribution in [3.8, 4) is 34.0 Å². The van der Waals surface area contributed by atoms with E-state index in [0.29, 0.717) is 29.2 Å². The molecule has 0 saturated carbocycles. The second kappa shape index (κ2) is 7.68. The number of benzene rings is 1. The molecule has 4 heterocycles. The number of phenols is 1. The van der Waals surface area contributed by atoms with Crippen molar-refractivity contribution in [2.75, 3.05) is 0 Å². The van der Waals surface area contributed by atoms with Crippen molar-refractivity contribution in [3.63, 3.8) is 0 Å². The fraction of sp³-hybridized carbons (Fsp3) is 0.409. The maximum absolute atomic E-state index is 14.7. The molecule has 2 aromatic heterocycles. The van der Waals surface area contributed by atoms with Gasteiger partial charge in [-0.2, -0.15) is 5.10 Å². The first-order valence-corrected chi connectivity index (χ1v) is 10.3. The molecule has 156 valence electrons. The smallest absolute Gasteiger partial charge is 0.233 e. The first-order chi connectivity index (χ1) is 14.5. The van der Waals surface area contributed by atoms with Gasteiger partial charge in [-0.05, 0) is 43.9 Å². The highest BCUT2D eigenvalue weighted by atomic mass is 19.1. The number of phenolic OH excluding ortho intramolecular Hbond substituents is 1. The van der Waals surface area contributed by atoms with E-state index in [1.165, 1.54) is 31.4 Å². The van der Waals surface area contributed by atoms with Crippen molar-refractivity contribution in [1.29, 1.82) is 0 Å². The van der Waals surface area contributed by atoms with Crippen LogP contribution in [0.25, 0.3) is 22.4 Å². The van der Waals surface area contributed by atoms with Gasteiger partial charge in [-0.1, -0.05) is 6.42 Å². The number of hydrogen-bond donors (Lipinski definition) is 2. The van der Waals surface area contributed by atoms with E-state index in [9.17, 15) is 9.50 Å². The topological polar surface area (TPSA) is 85.1 Å². The van der Waals surface area contributed by atoms with Gasteiger partial charge >= 0.3 is 0 Å². The van der Waals surface area contributed by atoms with Crippen LogP contribution in [-0.2, 0) is 7.05 Å². The van der Waals surface area contributed by atoms with Crippen LogP contribution in [0.1, 0.15) is 32.1 Å². The summed E-state index contributed by atoms with van der Waals surface area (Å²) in [6, 6.07) is 7.13. The fourth-order valence-corrected chi connectivity index (χ4v) is 4.56. The number of halogens is 1. The van der Waals surface area contributed by atoms with E-state index in [1.54, 1.807) is 36.3 Å². The zero-order valence-electron chi connectivity index (χ0n) is 16.8. The molecule has 0 spiro atoms. The highest BCUT2D eigenvalue weighted by Gasteiger charge is 2.32. The maximum atomic E-state index is 14.7. The monoisotopic (exact) mass is 409 g/mol. The lowest BCUT2D eigenvalue weighted by atomic mass is 9.85. The number of aromatic nitrogens is 4. The molecule has 30 heavy (non-hydrogen) atoms. The van der Waals surface area contributed by atoms with Crippen molar-refractivity contribution >= 4 is 0 Å². The quantitative estimate of drug-likeness (QED) is 0.687. The normalized spacial score (nSPS) is 23.3. The maximum Gasteiger partial charge on any atom is 0.233 e. The summed E-state index contributed by atoms with van der Waals surface area (Å²) in [7, 11) is 1.75. The molecule has 8 heteroatoms. The van der Waals surface area contributed by atoms with Gasteiger partial charge in [0.05, 0.1) is 11.9 Å². The minimum absolute atomic E-state index is 0.0654. The van der Waals surface area contributed by atoms with Crippen molar-refractivity contribution in [2.24, 2.45) is 7.05 Å². The third-order valence-corrected chi connectivity index (χ3v) is 5.98. The SMILES string of the molecule is Cn1cc(-c2cc(O)c(-c3ccc(OC4CC5CCCC(C4)N5)nn3)cc2F)cn1. The van der Waals surface area contributed by atoms with Crippen LogP contribution in [0.4, 0.5) is 4.39 Å². The molecule has 2 aliphatic rings. The Morgan fingerprint density at radius 2 is 1.93 bits per heavy atom. The third kappa shape index (κ3) is 3.75. The number of aryl methyl sites for hydroxylation is 1. The highest BCUT2D eigenvalue weighted by molar-refractivity contribution is 5.74. The molecule has 2 N–H and O–H groups in total. The molecule has 2 atom stereocenters. The van der Waals surface area contributed by atoms with Gasteiger partial charge in [-0.15, -0.1) is 10.2 Å². The Bertz CT molecular complexity index is 1040. The van der Waals surface area contributed by atoms with Crippen molar-refractivity contribution in [3.05, 3.63) is 42.5 Å². The first kappa shape index (κ1) is 19.0. The summed E-state index contributed by atoms with van der Waals surface area (Å²) in [5, 5.41) is 26.5. The van der Waals surface area contributed by atoms with Crippen LogP contribution in [0.2, 0.25) is 0 Å².